The maximum atomic E-state index is 11.5. The number of halogens is 2. The number of hydrogen-bond donors (Lipinski definition) is 2. The van der Waals surface area contributed by atoms with Crippen LogP contribution < -0.4 is 15.4 Å². The molecule has 21 heavy (non-hydrogen) atoms. The molecule has 1 aromatic rings. The number of carbonyl (C=O) groups is 1. The summed E-state index contributed by atoms with van der Waals surface area (Å²) >= 11 is 12.2. The molecule has 0 aliphatic heterocycles. The molecule has 2 N–H and O–H groups in total. The summed E-state index contributed by atoms with van der Waals surface area (Å²) < 4.78 is 5.55. The molecule has 1 amide bonds. The molecular formula is C15H22Cl2N2O2. The molecule has 6 heteroatoms. The summed E-state index contributed by atoms with van der Waals surface area (Å²) in [6.07, 6.45) is 0. The van der Waals surface area contributed by atoms with E-state index in [0.29, 0.717) is 34.8 Å². The number of amides is 1. The lowest BCUT2D eigenvalue weighted by Gasteiger charge is -2.15. The van der Waals surface area contributed by atoms with Crippen LogP contribution in [0.3, 0.4) is 0 Å². The van der Waals surface area contributed by atoms with E-state index in [-0.39, 0.29) is 12.5 Å². The van der Waals surface area contributed by atoms with Gasteiger partial charge < -0.3 is 15.4 Å². The highest BCUT2D eigenvalue weighted by Crippen LogP contribution is 2.32. The Kier molecular flexibility index (Phi) is 7.86. The fourth-order valence-electron chi connectivity index (χ4n) is 1.79. The first-order valence-corrected chi connectivity index (χ1v) is 7.77. The minimum Gasteiger partial charge on any atom is -0.482 e. The Morgan fingerprint density at radius 3 is 2.67 bits per heavy atom. The summed E-state index contributed by atoms with van der Waals surface area (Å²) in [4.78, 5) is 11.5. The van der Waals surface area contributed by atoms with Crippen molar-refractivity contribution in [2.75, 3.05) is 19.7 Å². The van der Waals surface area contributed by atoms with Crippen molar-refractivity contribution in [2.45, 2.75) is 27.3 Å². The molecule has 118 valence electrons. The molecule has 0 unspecified atom stereocenters. The van der Waals surface area contributed by atoms with Gasteiger partial charge in [-0.2, -0.15) is 0 Å². The Balaban J connectivity index is 2.77. The van der Waals surface area contributed by atoms with Crippen LogP contribution in [0, 0.1) is 5.92 Å². The average molecular weight is 333 g/mol. The molecule has 0 aromatic heterocycles. The standard InChI is InChI=1S/C15H22Cl2N2O2/c1-4-19-14(20)9-21-15-11(8-18-7-10(2)3)5-12(16)6-13(15)17/h5-6,10,18H,4,7-9H2,1-3H3,(H,19,20). The fraction of sp³-hybridized carbons (Fsp3) is 0.533. The highest BCUT2D eigenvalue weighted by Gasteiger charge is 2.12. The molecule has 1 rings (SSSR count). The summed E-state index contributed by atoms with van der Waals surface area (Å²) in [7, 11) is 0. The Labute approximate surface area is 136 Å². The van der Waals surface area contributed by atoms with Gasteiger partial charge in [-0.25, -0.2) is 0 Å². The molecule has 0 saturated carbocycles. The summed E-state index contributed by atoms with van der Waals surface area (Å²) in [5.41, 5.74) is 0.845. The first-order chi connectivity index (χ1) is 9.93. The van der Waals surface area contributed by atoms with Crippen molar-refractivity contribution >= 4 is 29.1 Å². The van der Waals surface area contributed by atoms with Gasteiger partial charge in [0.05, 0.1) is 5.02 Å². The van der Waals surface area contributed by atoms with E-state index in [9.17, 15) is 4.79 Å². The van der Waals surface area contributed by atoms with E-state index in [4.69, 9.17) is 27.9 Å². The van der Waals surface area contributed by atoms with E-state index in [1.807, 2.05) is 6.92 Å². The zero-order valence-corrected chi connectivity index (χ0v) is 14.1. The van der Waals surface area contributed by atoms with Crippen molar-refractivity contribution < 1.29 is 9.53 Å². The average Bonchev–Trinajstić information content (AvgIpc) is 2.37. The van der Waals surface area contributed by atoms with E-state index in [1.54, 1.807) is 12.1 Å². The quantitative estimate of drug-likeness (QED) is 0.768. The maximum absolute atomic E-state index is 11.5. The van der Waals surface area contributed by atoms with Gasteiger partial charge in [-0.15, -0.1) is 0 Å². The largest absolute Gasteiger partial charge is 0.482 e. The lowest BCUT2D eigenvalue weighted by molar-refractivity contribution is -0.122. The molecule has 0 spiro atoms. The highest BCUT2D eigenvalue weighted by atomic mass is 35.5. The van der Waals surface area contributed by atoms with E-state index in [1.165, 1.54) is 0 Å². The third kappa shape index (κ3) is 6.55. The summed E-state index contributed by atoms with van der Waals surface area (Å²) in [6.45, 7) is 8.08. The van der Waals surface area contributed by atoms with Crippen LogP contribution in [-0.4, -0.2) is 25.6 Å². The Bertz CT molecular complexity index is 479. The number of nitrogens with one attached hydrogen (secondary N) is 2. The lowest BCUT2D eigenvalue weighted by atomic mass is 10.1. The molecule has 0 heterocycles. The van der Waals surface area contributed by atoms with Crippen LogP contribution in [0.25, 0.3) is 0 Å². The van der Waals surface area contributed by atoms with Gasteiger partial charge in [-0.1, -0.05) is 37.0 Å². The maximum Gasteiger partial charge on any atom is 0.257 e. The predicted molar refractivity (Wildman–Crippen MR) is 87.2 cm³/mol. The van der Waals surface area contributed by atoms with Gasteiger partial charge in [0.25, 0.3) is 5.91 Å². The fourth-order valence-corrected chi connectivity index (χ4v) is 2.38. The minimum atomic E-state index is -0.176. The van der Waals surface area contributed by atoms with Crippen LogP contribution in [0.4, 0.5) is 0 Å². The van der Waals surface area contributed by atoms with Gasteiger partial charge in [0.2, 0.25) is 0 Å². The highest BCUT2D eigenvalue weighted by molar-refractivity contribution is 6.35. The summed E-state index contributed by atoms with van der Waals surface area (Å²) in [5, 5.41) is 6.94. The minimum absolute atomic E-state index is 0.0631. The second kappa shape index (κ2) is 9.13. The molecule has 0 saturated heterocycles. The zero-order valence-electron chi connectivity index (χ0n) is 12.6. The van der Waals surface area contributed by atoms with Gasteiger partial charge in [0.1, 0.15) is 5.75 Å². The Morgan fingerprint density at radius 1 is 1.33 bits per heavy atom. The number of carbonyl (C=O) groups excluding carboxylic acids is 1. The topological polar surface area (TPSA) is 50.4 Å². The molecule has 0 aliphatic carbocycles. The van der Waals surface area contributed by atoms with Gasteiger partial charge in [0, 0.05) is 23.7 Å². The Morgan fingerprint density at radius 2 is 2.05 bits per heavy atom. The van der Waals surface area contributed by atoms with Crippen LogP contribution in [0.2, 0.25) is 10.0 Å². The van der Waals surface area contributed by atoms with Crippen molar-refractivity contribution in [1.82, 2.24) is 10.6 Å². The third-order valence-corrected chi connectivity index (χ3v) is 3.17. The molecule has 4 nitrogen and oxygen atoms in total. The monoisotopic (exact) mass is 332 g/mol. The van der Waals surface area contributed by atoms with Crippen molar-refractivity contribution in [1.29, 1.82) is 0 Å². The Hall–Kier alpha value is -0.970. The SMILES string of the molecule is CCNC(=O)COc1c(Cl)cc(Cl)cc1CNCC(C)C. The van der Waals surface area contributed by atoms with E-state index in [2.05, 4.69) is 24.5 Å². The van der Waals surface area contributed by atoms with Crippen molar-refractivity contribution in [3.05, 3.63) is 27.7 Å². The molecule has 0 fully saturated rings. The van der Waals surface area contributed by atoms with Crippen LogP contribution in [0.15, 0.2) is 12.1 Å². The third-order valence-electron chi connectivity index (χ3n) is 2.67. The van der Waals surface area contributed by atoms with Crippen LogP contribution >= 0.6 is 23.2 Å². The van der Waals surface area contributed by atoms with Gasteiger partial charge in [-0.3, -0.25) is 4.79 Å². The first-order valence-electron chi connectivity index (χ1n) is 7.02. The van der Waals surface area contributed by atoms with Gasteiger partial charge in [0.15, 0.2) is 6.61 Å². The molecule has 0 bridgehead atoms. The number of likely N-dealkylation sites (N-methyl/N-ethyl adjacent to an activating group) is 1. The van der Waals surface area contributed by atoms with Crippen molar-refractivity contribution in [3.8, 4) is 5.75 Å². The molecule has 0 aliphatic rings. The van der Waals surface area contributed by atoms with E-state index < -0.39 is 0 Å². The van der Waals surface area contributed by atoms with Crippen LogP contribution in [0.1, 0.15) is 26.3 Å². The second-order valence-electron chi connectivity index (χ2n) is 5.14. The first kappa shape index (κ1) is 18.1. The van der Waals surface area contributed by atoms with E-state index >= 15 is 0 Å². The normalized spacial score (nSPS) is 10.8. The smallest absolute Gasteiger partial charge is 0.257 e. The van der Waals surface area contributed by atoms with Crippen molar-refractivity contribution in [3.63, 3.8) is 0 Å². The zero-order chi connectivity index (χ0) is 15.8. The molecule has 0 radical (unpaired) electrons. The number of benzene rings is 1. The van der Waals surface area contributed by atoms with Crippen molar-refractivity contribution in [2.24, 2.45) is 5.92 Å². The molecular weight excluding hydrogens is 311 g/mol. The van der Waals surface area contributed by atoms with Gasteiger partial charge >= 0.3 is 0 Å². The summed E-state index contributed by atoms with van der Waals surface area (Å²) in [5.74, 6) is 0.868. The number of rotatable bonds is 8. The predicted octanol–water partition coefficient (Wildman–Crippen LogP) is 3.25. The number of ether oxygens (including phenoxy) is 1. The molecule has 0 atom stereocenters. The molecule has 1 aromatic carbocycles. The lowest BCUT2D eigenvalue weighted by Crippen LogP contribution is -2.28. The van der Waals surface area contributed by atoms with Crippen LogP contribution in [0.5, 0.6) is 5.75 Å². The summed E-state index contributed by atoms with van der Waals surface area (Å²) in [6, 6.07) is 3.41. The second-order valence-corrected chi connectivity index (χ2v) is 5.99. The van der Waals surface area contributed by atoms with E-state index in [0.717, 1.165) is 12.1 Å². The number of hydrogen-bond acceptors (Lipinski definition) is 3. The van der Waals surface area contributed by atoms with Gasteiger partial charge in [-0.05, 0) is 31.5 Å². The van der Waals surface area contributed by atoms with Crippen LogP contribution in [-0.2, 0) is 11.3 Å².